The number of rotatable bonds is 5. The van der Waals surface area contributed by atoms with Crippen molar-refractivity contribution in [2.24, 2.45) is 0 Å². The lowest BCUT2D eigenvalue weighted by Crippen LogP contribution is -2.49. The molecule has 1 saturated heterocycles. The lowest BCUT2D eigenvalue weighted by Gasteiger charge is -2.36. The molecule has 7 nitrogen and oxygen atoms in total. The van der Waals surface area contributed by atoms with Crippen molar-refractivity contribution in [3.8, 4) is 17.2 Å². The zero-order valence-corrected chi connectivity index (χ0v) is 16.9. The number of amides is 1. The topological polar surface area (TPSA) is 82.7 Å². The maximum Gasteiger partial charge on any atom is 0.277 e. The lowest BCUT2D eigenvalue weighted by molar-refractivity contribution is -0.128. The van der Waals surface area contributed by atoms with Gasteiger partial charge >= 0.3 is 0 Å². The Morgan fingerprint density at radius 2 is 1.86 bits per heavy atom. The SMILES string of the molecule is Cc1cccc(-c2nnc(SCC(=O)N3CCN(c4ccc(O)cc4)CC3)o2)c1. The molecule has 1 aliphatic heterocycles. The monoisotopic (exact) mass is 410 g/mol. The predicted octanol–water partition coefficient (Wildman–Crippen LogP) is 3.19. The second-order valence-electron chi connectivity index (χ2n) is 6.92. The van der Waals surface area contributed by atoms with Crippen LogP contribution in [0, 0.1) is 6.92 Å². The molecule has 0 atom stereocenters. The number of piperazine rings is 1. The van der Waals surface area contributed by atoms with E-state index in [1.54, 1.807) is 12.1 Å². The standard InChI is InChI=1S/C21H22N4O3S/c1-15-3-2-4-16(13-15)20-22-23-21(28-20)29-14-19(27)25-11-9-24(10-12-25)17-5-7-18(26)8-6-17/h2-8,13,26H,9-12,14H2,1H3. The summed E-state index contributed by atoms with van der Waals surface area (Å²) in [5, 5.41) is 17.9. The number of aromatic nitrogens is 2. The van der Waals surface area contributed by atoms with E-state index in [2.05, 4.69) is 15.1 Å². The summed E-state index contributed by atoms with van der Waals surface area (Å²) in [6, 6.07) is 15.0. The molecule has 2 aromatic carbocycles. The van der Waals surface area contributed by atoms with E-state index in [9.17, 15) is 9.90 Å². The van der Waals surface area contributed by atoms with Crippen LogP contribution in [-0.4, -0.2) is 58.0 Å². The molecule has 0 radical (unpaired) electrons. The number of phenolic OH excluding ortho intramolecular Hbond substituents is 1. The summed E-state index contributed by atoms with van der Waals surface area (Å²) in [6.07, 6.45) is 0. The summed E-state index contributed by atoms with van der Waals surface area (Å²) in [6.45, 7) is 4.87. The van der Waals surface area contributed by atoms with Crippen molar-refractivity contribution >= 4 is 23.4 Å². The number of phenols is 1. The van der Waals surface area contributed by atoms with Crippen molar-refractivity contribution < 1.29 is 14.3 Å². The van der Waals surface area contributed by atoms with E-state index >= 15 is 0 Å². The average Bonchev–Trinajstić information content (AvgIpc) is 3.22. The summed E-state index contributed by atoms with van der Waals surface area (Å²) < 4.78 is 5.69. The number of aryl methyl sites for hydroxylation is 1. The van der Waals surface area contributed by atoms with E-state index in [0.29, 0.717) is 24.2 Å². The molecule has 0 bridgehead atoms. The van der Waals surface area contributed by atoms with Crippen molar-refractivity contribution in [2.75, 3.05) is 36.8 Å². The maximum absolute atomic E-state index is 12.5. The smallest absolute Gasteiger partial charge is 0.277 e. The molecule has 150 valence electrons. The number of thioether (sulfide) groups is 1. The number of carbonyl (C=O) groups is 1. The van der Waals surface area contributed by atoms with Crippen LogP contribution in [0.1, 0.15) is 5.56 Å². The average molecular weight is 410 g/mol. The van der Waals surface area contributed by atoms with Gasteiger partial charge in [-0.3, -0.25) is 4.79 Å². The Kier molecular flexibility index (Phi) is 5.71. The van der Waals surface area contributed by atoms with Gasteiger partial charge in [0.2, 0.25) is 11.8 Å². The highest BCUT2D eigenvalue weighted by Crippen LogP contribution is 2.24. The number of nitrogens with zero attached hydrogens (tertiary/aromatic N) is 4. The van der Waals surface area contributed by atoms with Crippen LogP contribution in [0.15, 0.2) is 58.2 Å². The fourth-order valence-corrected chi connectivity index (χ4v) is 3.92. The van der Waals surface area contributed by atoms with E-state index in [0.717, 1.165) is 29.9 Å². The number of hydrogen-bond donors (Lipinski definition) is 1. The third-order valence-electron chi connectivity index (χ3n) is 4.84. The molecule has 1 N–H and O–H groups in total. The number of anilines is 1. The van der Waals surface area contributed by atoms with Gasteiger partial charge in [-0.1, -0.05) is 29.5 Å². The molecule has 0 saturated carbocycles. The van der Waals surface area contributed by atoms with Gasteiger partial charge in [-0.2, -0.15) is 0 Å². The Bertz CT molecular complexity index is 982. The Morgan fingerprint density at radius 3 is 2.59 bits per heavy atom. The van der Waals surface area contributed by atoms with Crippen molar-refractivity contribution in [1.29, 1.82) is 0 Å². The van der Waals surface area contributed by atoms with Gasteiger partial charge in [0.25, 0.3) is 5.22 Å². The number of benzene rings is 2. The van der Waals surface area contributed by atoms with Crippen LogP contribution in [0.4, 0.5) is 5.69 Å². The number of hydrogen-bond acceptors (Lipinski definition) is 7. The highest BCUT2D eigenvalue weighted by Gasteiger charge is 2.22. The zero-order chi connectivity index (χ0) is 20.2. The molecule has 1 fully saturated rings. The molecule has 1 aromatic heterocycles. The molecule has 1 aliphatic rings. The van der Waals surface area contributed by atoms with Crippen LogP contribution in [0.5, 0.6) is 5.75 Å². The number of carbonyl (C=O) groups excluding carboxylic acids is 1. The van der Waals surface area contributed by atoms with Gasteiger partial charge in [-0.25, -0.2) is 0 Å². The van der Waals surface area contributed by atoms with Crippen molar-refractivity contribution in [2.45, 2.75) is 12.1 Å². The minimum Gasteiger partial charge on any atom is -0.508 e. The van der Waals surface area contributed by atoms with Gasteiger partial charge in [0.05, 0.1) is 5.75 Å². The quantitative estimate of drug-likeness (QED) is 0.647. The Morgan fingerprint density at radius 1 is 1.10 bits per heavy atom. The molecule has 4 rings (SSSR count). The largest absolute Gasteiger partial charge is 0.508 e. The van der Waals surface area contributed by atoms with Crippen molar-refractivity contribution in [3.63, 3.8) is 0 Å². The van der Waals surface area contributed by atoms with E-state index in [1.165, 1.54) is 11.8 Å². The van der Waals surface area contributed by atoms with E-state index in [4.69, 9.17) is 4.42 Å². The van der Waals surface area contributed by atoms with E-state index < -0.39 is 0 Å². The first-order chi connectivity index (χ1) is 14.1. The second kappa shape index (κ2) is 8.57. The van der Waals surface area contributed by atoms with Crippen LogP contribution < -0.4 is 4.90 Å². The third kappa shape index (κ3) is 4.71. The van der Waals surface area contributed by atoms with Crippen LogP contribution in [0.2, 0.25) is 0 Å². The molecule has 0 spiro atoms. The van der Waals surface area contributed by atoms with Gasteiger partial charge in [-0.05, 0) is 43.3 Å². The molecule has 29 heavy (non-hydrogen) atoms. The minimum atomic E-state index is 0.0654. The Hall–Kier alpha value is -3.00. The second-order valence-corrected chi connectivity index (χ2v) is 7.84. The summed E-state index contributed by atoms with van der Waals surface area (Å²) >= 11 is 1.27. The fourth-order valence-electron chi connectivity index (χ4n) is 3.26. The van der Waals surface area contributed by atoms with Gasteiger partial charge in [-0.15, -0.1) is 10.2 Å². The zero-order valence-electron chi connectivity index (χ0n) is 16.1. The van der Waals surface area contributed by atoms with E-state index in [-0.39, 0.29) is 17.4 Å². The normalized spacial score (nSPS) is 14.2. The van der Waals surface area contributed by atoms with Crippen LogP contribution in [0.25, 0.3) is 11.5 Å². The predicted molar refractivity (Wildman–Crippen MR) is 112 cm³/mol. The lowest BCUT2D eigenvalue weighted by atomic mass is 10.1. The highest BCUT2D eigenvalue weighted by molar-refractivity contribution is 7.99. The molecule has 1 amide bonds. The van der Waals surface area contributed by atoms with Crippen LogP contribution in [0.3, 0.4) is 0 Å². The first-order valence-corrected chi connectivity index (χ1v) is 10.4. The Balaban J connectivity index is 1.28. The van der Waals surface area contributed by atoms with E-state index in [1.807, 2.05) is 48.2 Å². The Labute approximate surface area is 173 Å². The first kappa shape index (κ1) is 19.3. The van der Waals surface area contributed by atoms with Crippen LogP contribution in [-0.2, 0) is 4.79 Å². The molecule has 2 heterocycles. The van der Waals surface area contributed by atoms with Crippen LogP contribution >= 0.6 is 11.8 Å². The first-order valence-electron chi connectivity index (χ1n) is 9.43. The summed E-state index contributed by atoms with van der Waals surface area (Å²) in [5.41, 5.74) is 3.05. The van der Waals surface area contributed by atoms with Crippen molar-refractivity contribution in [3.05, 3.63) is 54.1 Å². The molecular formula is C21H22N4O3S. The molecular weight excluding hydrogens is 388 g/mol. The fraction of sp³-hybridized carbons (Fsp3) is 0.286. The third-order valence-corrected chi connectivity index (χ3v) is 5.64. The van der Waals surface area contributed by atoms with Gasteiger partial charge in [0.1, 0.15) is 5.75 Å². The molecule has 0 unspecified atom stereocenters. The van der Waals surface area contributed by atoms with Gasteiger partial charge in [0, 0.05) is 37.4 Å². The van der Waals surface area contributed by atoms with Gasteiger partial charge < -0.3 is 19.3 Å². The summed E-state index contributed by atoms with van der Waals surface area (Å²) in [4.78, 5) is 16.6. The summed E-state index contributed by atoms with van der Waals surface area (Å²) in [5.74, 6) is 1.06. The molecule has 3 aromatic rings. The molecule has 0 aliphatic carbocycles. The minimum absolute atomic E-state index is 0.0654. The molecule has 8 heteroatoms. The van der Waals surface area contributed by atoms with Gasteiger partial charge in [0.15, 0.2) is 0 Å². The number of aromatic hydroxyl groups is 1. The highest BCUT2D eigenvalue weighted by atomic mass is 32.2. The summed E-state index contributed by atoms with van der Waals surface area (Å²) in [7, 11) is 0. The maximum atomic E-state index is 12.5. The van der Waals surface area contributed by atoms with Crippen molar-refractivity contribution in [1.82, 2.24) is 15.1 Å².